The molecule has 2 fully saturated rings. The molecule has 6 heteroatoms. The molecule has 0 spiro atoms. The third-order valence-electron chi connectivity index (χ3n) is 5.79. The molecule has 0 bridgehead atoms. The summed E-state index contributed by atoms with van der Waals surface area (Å²) in [6.07, 6.45) is 6.34. The van der Waals surface area contributed by atoms with E-state index in [0.717, 1.165) is 63.8 Å². The van der Waals surface area contributed by atoms with E-state index in [2.05, 4.69) is 38.7 Å². The minimum Gasteiger partial charge on any atom is -0.465 e. The molecule has 0 amide bonds. The average molecular weight is 383 g/mol. The first kappa shape index (κ1) is 19.2. The lowest BCUT2D eigenvalue weighted by Crippen LogP contribution is -2.59. The molecule has 2 aromatic rings. The molecule has 2 atom stereocenters. The first-order chi connectivity index (χ1) is 13.7. The van der Waals surface area contributed by atoms with E-state index in [1.54, 1.807) is 6.26 Å². The normalized spacial score (nSPS) is 25.2. The molecule has 150 valence electrons. The van der Waals surface area contributed by atoms with E-state index in [-0.39, 0.29) is 12.1 Å². The second kappa shape index (κ2) is 8.90. The number of nitrogens with zero attached hydrogens (tertiary/aromatic N) is 4. The molecule has 2 aromatic heterocycles. The molecule has 2 aliphatic rings. The van der Waals surface area contributed by atoms with Crippen LogP contribution in [0.2, 0.25) is 0 Å². The summed E-state index contributed by atoms with van der Waals surface area (Å²) in [6, 6.07) is 10.2. The van der Waals surface area contributed by atoms with Crippen LogP contribution in [0, 0.1) is 0 Å². The van der Waals surface area contributed by atoms with Crippen molar-refractivity contribution >= 4 is 11.9 Å². The number of piperidine rings is 1. The molecule has 0 saturated carbocycles. The van der Waals surface area contributed by atoms with Crippen LogP contribution in [0.1, 0.15) is 19.1 Å². The predicted octanol–water partition coefficient (Wildman–Crippen LogP) is 2.34. The molecule has 0 unspecified atom stereocenters. The quantitative estimate of drug-likeness (QED) is 0.857. The largest absolute Gasteiger partial charge is 0.465 e. The number of hydrogen-bond acceptors (Lipinski definition) is 6. The fraction of sp³-hybridized carbons (Fsp3) is 0.500. The van der Waals surface area contributed by atoms with Crippen LogP contribution < -0.4 is 4.90 Å². The zero-order valence-corrected chi connectivity index (χ0v) is 16.6. The molecule has 0 aromatic carbocycles. The van der Waals surface area contributed by atoms with Gasteiger partial charge in [-0.15, -0.1) is 0 Å². The van der Waals surface area contributed by atoms with Gasteiger partial charge in [0.05, 0.1) is 12.4 Å². The van der Waals surface area contributed by atoms with Crippen molar-refractivity contribution in [2.45, 2.75) is 25.5 Å². The SMILES string of the molecule is CC(=Cc1ccco1)CN1CC[C@@H](N2CCN(c3ccccn3)CC2)[C@H](O)C1. The lowest BCUT2D eigenvalue weighted by atomic mass is 9.98. The van der Waals surface area contributed by atoms with Gasteiger partial charge in [-0.05, 0) is 43.7 Å². The maximum absolute atomic E-state index is 10.8. The second-order valence-electron chi connectivity index (χ2n) is 7.88. The zero-order valence-electron chi connectivity index (χ0n) is 16.6. The Hall–Kier alpha value is -2.15. The Morgan fingerprint density at radius 1 is 1.18 bits per heavy atom. The van der Waals surface area contributed by atoms with Crippen molar-refractivity contribution in [2.24, 2.45) is 0 Å². The summed E-state index contributed by atoms with van der Waals surface area (Å²) >= 11 is 0. The molecule has 1 N–H and O–H groups in total. The van der Waals surface area contributed by atoms with Crippen LogP contribution >= 0.6 is 0 Å². The van der Waals surface area contributed by atoms with E-state index >= 15 is 0 Å². The summed E-state index contributed by atoms with van der Waals surface area (Å²) in [6.45, 7) is 8.64. The fourth-order valence-corrected chi connectivity index (χ4v) is 4.39. The topological polar surface area (TPSA) is 56.0 Å². The lowest BCUT2D eigenvalue weighted by Gasteiger charge is -2.45. The van der Waals surface area contributed by atoms with Gasteiger partial charge in [-0.25, -0.2) is 4.98 Å². The maximum atomic E-state index is 10.8. The molecular formula is C22H30N4O2. The Labute approximate surface area is 167 Å². The number of aromatic nitrogens is 1. The van der Waals surface area contributed by atoms with Gasteiger partial charge in [0.15, 0.2) is 0 Å². The highest BCUT2D eigenvalue weighted by Gasteiger charge is 2.33. The van der Waals surface area contributed by atoms with Crippen LogP contribution in [-0.4, -0.2) is 77.8 Å². The van der Waals surface area contributed by atoms with Gasteiger partial charge in [0.25, 0.3) is 0 Å². The molecule has 4 rings (SSSR count). The molecule has 0 radical (unpaired) electrons. The summed E-state index contributed by atoms with van der Waals surface area (Å²) in [5, 5.41) is 10.8. The van der Waals surface area contributed by atoms with Crippen molar-refractivity contribution in [2.75, 3.05) is 50.7 Å². The lowest BCUT2D eigenvalue weighted by molar-refractivity contribution is -0.0123. The highest BCUT2D eigenvalue weighted by molar-refractivity contribution is 5.46. The van der Waals surface area contributed by atoms with E-state index in [1.165, 1.54) is 5.57 Å². The zero-order chi connectivity index (χ0) is 19.3. The van der Waals surface area contributed by atoms with Crippen LogP contribution in [0.4, 0.5) is 5.82 Å². The highest BCUT2D eigenvalue weighted by Crippen LogP contribution is 2.21. The van der Waals surface area contributed by atoms with Crippen molar-refractivity contribution < 1.29 is 9.52 Å². The summed E-state index contributed by atoms with van der Waals surface area (Å²) < 4.78 is 5.39. The summed E-state index contributed by atoms with van der Waals surface area (Å²) in [7, 11) is 0. The number of β-amino-alcohol motifs (C(OH)–C–C–N with tert-alkyl or cyclic N) is 1. The number of piperazine rings is 1. The number of rotatable bonds is 5. The first-order valence-electron chi connectivity index (χ1n) is 10.2. The summed E-state index contributed by atoms with van der Waals surface area (Å²) in [5.74, 6) is 1.94. The Bertz CT molecular complexity index is 754. The average Bonchev–Trinajstić information content (AvgIpc) is 3.22. The fourth-order valence-electron chi connectivity index (χ4n) is 4.39. The summed E-state index contributed by atoms with van der Waals surface area (Å²) in [4.78, 5) is 11.6. The predicted molar refractivity (Wildman–Crippen MR) is 111 cm³/mol. The van der Waals surface area contributed by atoms with Gasteiger partial charge >= 0.3 is 0 Å². The van der Waals surface area contributed by atoms with Crippen molar-refractivity contribution in [3.05, 3.63) is 54.1 Å². The molecule has 2 aliphatic heterocycles. The monoisotopic (exact) mass is 382 g/mol. The van der Waals surface area contributed by atoms with E-state index in [0.29, 0.717) is 0 Å². The number of anilines is 1. The number of likely N-dealkylation sites (tertiary alicyclic amines) is 1. The van der Waals surface area contributed by atoms with Crippen molar-refractivity contribution in [3.8, 4) is 0 Å². The second-order valence-corrected chi connectivity index (χ2v) is 7.88. The van der Waals surface area contributed by atoms with Gasteiger partial charge in [-0.1, -0.05) is 11.6 Å². The minimum absolute atomic E-state index is 0.261. The van der Waals surface area contributed by atoms with Gasteiger partial charge in [-0.3, -0.25) is 9.80 Å². The third-order valence-corrected chi connectivity index (χ3v) is 5.79. The number of pyridine rings is 1. The third kappa shape index (κ3) is 4.63. The number of aliphatic hydroxyl groups is 1. The van der Waals surface area contributed by atoms with Crippen LogP contribution in [0.15, 0.2) is 52.8 Å². The van der Waals surface area contributed by atoms with E-state index in [4.69, 9.17) is 4.42 Å². The van der Waals surface area contributed by atoms with Crippen molar-refractivity contribution in [1.82, 2.24) is 14.8 Å². The van der Waals surface area contributed by atoms with E-state index in [1.807, 2.05) is 30.5 Å². The molecule has 2 saturated heterocycles. The standard InChI is InChI=1S/C22H30N4O2/c1-18(15-19-5-4-14-28-19)16-24-9-7-20(21(27)17-24)25-10-12-26(13-11-25)22-6-2-3-8-23-22/h2-6,8,14-15,20-21,27H,7,9-13,16-17H2,1H3/t20-,21-/m1/s1. The number of furan rings is 1. The van der Waals surface area contributed by atoms with Gasteiger partial charge in [0.1, 0.15) is 11.6 Å². The Morgan fingerprint density at radius 3 is 2.71 bits per heavy atom. The Balaban J connectivity index is 1.27. The maximum Gasteiger partial charge on any atom is 0.128 e. The van der Waals surface area contributed by atoms with Crippen LogP contribution in [0.5, 0.6) is 0 Å². The van der Waals surface area contributed by atoms with Crippen LogP contribution in [0.25, 0.3) is 6.08 Å². The Morgan fingerprint density at radius 2 is 2.04 bits per heavy atom. The molecular weight excluding hydrogens is 352 g/mol. The molecule has 4 heterocycles. The van der Waals surface area contributed by atoms with Crippen molar-refractivity contribution in [3.63, 3.8) is 0 Å². The smallest absolute Gasteiger partial charge is 0.128 e. The van der Waals surface area contributed by atoms with Gasteiger partial charge in [0.2, 0.25) is 0 Å². The first-order valence-corrected chi connectivity index (χ1v) is 10.2. The molecule has 6 nitrogen and oxygen atoms in total. The van der Waals surface area contributed by atoms with Crippen LogP contribution in [0.3, 0.4) is 0 Å². The highest BCUT2D eigenvalue weighted by atomic mass is 16.3. The number of aliphatic hydroxyl groups excluding tert-OH is 1. The molecule has 28 heavy (non-hydrogen) atoms. The number of hydrogen-bond donors (Lipinski definition) is 1. The van der Waals surface area contributed by atoms with Crippen molar-refractivity contribution in [1.29, 1.82) is 0 Å². The van der Waals surface area contributed by atoms with Gasteiger partial charge in [0, 0.05) is 58.1 Å². The van der Waals surface area contributed by atoms with Crippen LogP contribution in [-0.2, 0) is 0 Å². The Kier molecular flexibility index (Phi) is 6.10. The van der Waals surface area contributed by atoms with Gasteiger partial charge in [-0.2, -0.15) is 0 Å². The van der Waals surface area contributed by atoms with E-state index in [9.17, 15) is 5.11 Å². The molecule has 0 aliphatic carbocycles. The van der Waals surface area contributed by atoms with Gasteiger partial charge < -0.3 is 14.4 Å². The van der Waals surface area contributed by atoms with E-state index < -0.39 is 0 Å². The minimum atomic E-state index is -0.299. The summed E-state index contributed by atoms with van der Waals surface area (Å²) in [5.41, 5.74) is 1.25.